The maximum absolute atomic E-state index is 13.7. The molecule has 0 atom stereocenters. The second-order valence-electron chi connectivity index (χ2n) is 5.91. The van der Waals surface area contributed by atoms with Crippen LogP contribution < -0.4 is 11.2 Å². The van der Waals surface area contributed by atoms with Crippen LogP contribution in [0.3, 0.4) is 0 Å². The van der Waals surface area contributed by atoms with Crippen molar-refractivity contribution in [3.63, 3.8) is 0 Å². The van der Waals surface area contributed by atoms with Gasteiger partial charge in [0, 0.05) is 13.3 Å². The molecule has 0 aliphatic rings. The monoisotopic (exact) mass is 434 g/mol. The normalized spacial score (nSPS) is 10.7. The highest BCUT2D eigenvalue weighted by atomic mass is 35.5. The fourth-order valence-electron chi connectivity index (χ4n) is 2.91. The number of hydrogen-bond donors (Lipinski definition) is 0. The number of ether oxygens (including phenoxy) is 1. The van der Waals surface area contributed by atoms with Crippen LogP contribution in [0.15, 0.2) is 46.2 Å². The number of rotatable bonds is 5. The second-order valence-corrected chi connectivity index (χ2v) is 6.76. The van der Waals surface area contributed by atoms with Gasteiger partial charge >= 0.3 is 5.69 Å². The van der Waals surface area contributed by atoms with Crippen LogP contribution >= 0.6 is 23.2 Å². The highest BCUT2D eigenvalue weighted by Crippen LogP contribution is 2.26. The minimum atomic E-state index is -0.760. The molecule has 0 aliphatic carbocycles. The first-order valence-corrected chi connectivity index (χ1v) is 8.95. The van der Waals surface area contributed by atoms with Gasteiger partial charge in [-0.15, -0.1) is 0 Å². The molecule has 7 nitrogen and oxygen atoms in total. The molecule has 0 bridgehead atoms. The molecule has 0 N–H and O–H groups in total. The van der Waals surface area contributed by atoms with Gasteiger partial charge in [-0.05, 0) is 23.8 Å². The molecule has 148 valence electrons. The molecular weight excluding hydrogens is 422 g/mol. The molecule has 3 rings (SSSR count). The Balaban J connectivity index is 2.48. The number of benzene rings is 1. The van der Waals surface area contributed by atoms with E-state index in [1.807, 2.05) is 6.07 Å². The Labute approximate surface area is 174 Å². The van der Waals surface area contributed by atoms with Gasteiger partial charge in [0.1, 0.15) is 12.4 Å². The molecule has 0 aliphatic heterocycles. The van der Waals surface area contributed by atoms with Gasteiger partial charge in [-0.25, -0.2) is 13.8 Å². The summed E-state index contributed by atoms with van der Waals surface area (Å²) >= 11 is 11.9. The van der Waals surface area contributed by atoms with Crippen LogP contribution in [-0.4, -0.2) is 21.2 Å². The maximum atomic E-state index is 13.7. The summed E-state index contributed by atoms with van der Waals surface area (Å²) in [6, 6.07) is 7.03. The lowest BCUT2D eigenvalue weighted by Gasteiger charge is -2.18. The number of hydrogen-bond acceptors (Lipinski definition) is 5. The first-order chi connectivity index (χ1) is 13.9. The van der Waals surface area contributed by atoms with E-state index in [-0.39, 0.29) is 45.7 Å². The maximum Gasteiger partial charge on any atom is 0.336 e. The molecule has 2 aromatic heterocycles. The molecule has 1 aromatic carbocycles. The minimum absolute atomic E-state index is 0.0450. The van der Waals surface area contributed by atoms with Crippen molar-refractivity contribution in [2.24, 2.45) is 0 Å². The number of nitrogens with zero attached hydrogens (tertiary/aromatic N) is 4. The molecule has 0 spiro atoms. The van der Waals surface area contributed by atoms with E-state index in [0.717, 1.165) is 15.2 Å². The summed E-state index contributed by atoms with van der Waals surface area (Å²) in [6.07, 6.45) is 2.65. The predicted molar refractivity (Wildman–Crippen MR) is 106 cm³/mol. The molecule has 3 aromatic rings. The Bertz CT molecular complexity index is 1250. The van der Waals surface area contributed by atoms with Gasteiger partial charge in [-0.2, -0.15) is 5.26 Å². The van der Waals surface area contributed by atoms with Crippen molar-refractivity contribution < 1.29 is 9.13 Å². The topological polar surface area (TPSA) is 89.9 Å². The summed E-state index contributed by atoms with van der Waals surface area (Å²) in [7, 11) is 1.38. The van der Waals surface area contributed by atoms with Crippen molar-refractivity contribution in [3.8, 4) is 22.9 Å². The Morgan fingerprint density at radius 3 is 2.62 bits per heavy atom. The van der Waals surface area contributed by atoms with Crippen LogP contribution in [0.25, 0.3) is 16.8 Å². The van der Waals surface area contributed by atoms with Crippen molar-refractivity contribution in [1.29, 1.82) is 5.26 Å². The summed E-state index contributed by atoms with van der Waals surface area (Å²) in [6.45, 7) is -0.473. The van der Waals surface area contributed by atoms with Gasteiger partial charge in [0.05, 0.1) is 45.9 Å². The van der Waals surface area contributed by atoms with Crippen LogP contribution in [0.2, 0.25) is 10.0 Å². The molecule has 0 amide bonds. The van der Waals surface area contributed by atoms with Gasteiger partial charge < -0.3 is 4.74 Å². The van der Waals surface area contributed by atoms with Gasteiger partial charge in [0.2, 0.25) is 0 Å². The molecule has 0 saturated carbocycles. The number of methoxy groups -OCH3 is 1. The third-order valence-electron chi connectivity index (χ3n) is 4.12. The molecular formula is C19H13Cl2FN4O3. The van der Waals surface area contributed by atoms with Crippen molar-refractivity contribution in [2.75, 3.05) is 7.11 Å². The van der Waals surface area contributed by atoms with Gasteiger partial charge in [0.15, 0.2) is 0 Å². The average Bonchev–Trinajstić information content (AvgIpc) is 2.68. The first-order valence-electron chi connectivity index (χ1n) is 8.20. The summed E-state index contributed by atoms with van der Waals surface area (Å²) in [5.41, 5.74) is -0.865. The standard InChI is InChI=1S/C19H13Cl2FN4O3/c1-29-10-16-17(11-2-3-15(22)14(21)6-11)18(27)26(19(28)25(16)5-4-23)13-7-12(20)8-24-9-13/h2-3,6-9H,5,10H2,1H3. The van der Waals surface area contributed by atoms with Crippen LogP contribution in [-0.2, 0) is 17.9 Å². The fraction of sp³-hybridized carbons (Fsp3) is 0.158. The molecule has 10 heteroatoms. The number of pyridine rings is 1. The number of halogens is 3. The van der Waals surface area contributed by atoms with Crippen molar-refractivity contribution in [1.82, 2.24) is 14.1 Å². The van der Waals surface area contributed by atoms with E-state index in [4.69, 9.17) is 27.9 Å². The molecule has 0 unspecified atom stereocenters. The fourth-order valence-corrected chi connectivity index (χ4v) is 3.25. The van der Waals surface area contributed by atoms with Crippen molar-refractivity contribution >= 4 is 23.2 Å². The summed E-state index contributed by atoms with van der Waals surface area (Å²) in [4.78, 5) is 30.3. The summed E-state index contributed by atoms with van der Waals surface area (Å²) < 4.78 is 20.8. The highest BCUT2D eigenvalue weighted by Gasteiger charge is 2.22. The Morgan fingerprint density at radius 1 is 1.24 bits per heavy atom. The Hall–Kier alpha value is -2.99. The van der Waals surface area contributed by atoms with Crippen molar-refractivity contribution in [2.45, 2.75) is 13.2 Å². The molecule has 2 heterocycles. The minimum Gasteiger partial charge on any atom is -0.378 e. The third-order valence-corrected chi connectivity index (χ3v) is 4.62. The largest absolute Gasteiger partial charge is 0.378 e. The zero-order chi connectivity index (χ0) is 21.1. The van der Waals surface area contributed by atoms with E-state index >= 15 is 0 Å². The van der Waals surface area contributed by atoms with E-state index in [2.05, 4.69) is 4.98 Å². The van der Waals surface area contributed by atoms with E-state index in [0.29, 0.717) is 0 Å². The molecule has 0 saturated heterocycles. The van der Waals surface area contributed by atoms with E-state index in [1.54, 1.807) is 0 Å². The van der Waals surface area contributed by atoms with Crippen LogP contribution in [0.5, 0.6) is 0 Å². The Morgan fingerprint density at radius 2 is 2.00 bits per heavy atom. The lowest BCUT2D eigenvalue weighted by atomic mass is 10.0. The Kier molecular flexibility index (Phi) is 6.13. The van der Waals surface area contributed by atoms with E-state index < -0.39 is 17.1 Å². The lowest BCUT2D eigenvalue weighted by molar-refractivity contribution is 0.177. The SMILES string of the molecule is COCc1c(-c2ccc(F)c(Cl)c2)c(=O)n(-c2cncc(Cl)c2)c(=O)n1CC#N. The lowest BCUT2D eigenvalue weighted by Crippen LogP contribution is -2.41. The zero-order valence-corrected chi connectivity index (χ0v) is 16.5. The van der Waals surface area contributed by atoms with Crippen molar-refractivity contribution in [3.05, 3.63) is 79.1 Å². The van der Waals surface area contributed by atoms with Crippen LogP contribution in [0, 0.1) is 17.1 Å². The second kappa shape index (κ2) is 8.57. The quantitative estimate of drug-likeness (QED) is 0.614. The highest BCUT2D eigenvalue weighted by molar-refractivity contribution is 6.31. The molecule has 0 radical (unpaired) electrons. The number of nitriles is 1. The smallest absolute Gasteiger partial charge is 0.336 e. The van der Waals surface area contributed by atoms with E-state index in [1.165, 1.54) is 37.7 Å². The summed E-state index contributed by atoms with van der Waals surface area (Å²) in [5.74, 6) is -0.659. The van der Waals surface area contributed by atoms with Gasteiger partial charge in [-0.3, -0.25) is 14.3 Å². The summed E-state index contributed by atoms with van der Waals surface area (Å²) in [5, 5.41) is 9.23. The molecule has 0 fully saturated rings. The van der Waals surface area contributed by atoms with Crippen LogP contribution in [0.1, 0.15) is 5.69 Å². The number of aromatic nitrogens is 3. The van der Waals surface area contributed by atoms with Gasteiger partial charge in [-0.1, -0.05) is 29.3 Å². The third kappa shape index (κ3) is 3.93. The average molecular weight is 435 g/mol. The van der Waals surface area contributed by atoms with E-state index in [9.17, 15) is 19.2 Å². The molecule has 29 heavy (non-hydrogen) atoms. The first kappa shape index (κ1) is 20.7. The van der Waals surface area contributed by atoms with Crippen LogP contribution in [0.4, 0.5) is 4.39 Å². The predicted octanol–water partition coefficient (Wildman–Crippen LogP) is 3.18. The van der Waals surface area contributed by atoms with Gasteiger partial charge in [0.25, 0.3) is 5.56 Å². The zero-order valence-electron chi connectivity index (χ0n) is 15.0.